The fraction of sp³-hybridized carbons (Fsp3) is 0.714. The summed E-state index contributed by atoms with van der Waals surface area (Å²) in [5.74, 6) is 3.04. The molecule has 1 heterocycles. The molecule has 1 saturated carbocycles. The van der Waals surface area contributed by atoms with Gasteiger partial charge in [-0.25, -0.2) is 9.97 Å². The molecule has 0 aromatic carbocycles. The lowest BCUT2D eigenvalue weighted by atomic mass is 9.97. The molecule has 2 rings (SSSR count). The van der Waals surface area contributed by atoms with Gasteiger partial charge in [-0.1, -0.05) is 20.3 Å². The van der Waals surface area contributed by atoms with E-state index in [2.05, 4.69) is 45.1 Å². The largest absolute Gasteiger partial charge is 0.396 e. The molecular weight excluding hydrogens is 306 g/mol. The molecule has 19 heavy (non-hydrogen) atoms. The molecule has 1 aliphatic carbocycles. The Morgan fingerprint density at radius 3 is 2.79 bits per heavy atom. The standard InChI is InChI=1S/C14H22BrN3O/c1-9(2)14-17-12(15)6-13(18-14)16-7-10-4-3-5-11(10)8-19/h6,9-11,19H,3-5,7-8H2,1-2H3,(H,16,17,18). The van der Waals surface area contributed by atoms with Crippen LogP contribution >= 0.6 is 15.9 Å². The lowest BCUT2D eigenvalue weighted by Gasteiger charge is -2.18. The summed E-state index contributed by atoms with van der Waals surface area (Å²) in [7, 11) is 0. The molecule has 5 heteroatoms. The van der Waals surface area contributed by atoms with Crippen LogP contribution in [0, 0.1) is 11.8 Å². The van der Waals surface area contributed by atoms with E-state index in [9.17, 15) is 5.11 Å². The molecule has 0 spiro atoms. The van der Waals surface area contributed by atoms with Gasteiger partial charge in [0.05, 0.1) is 0 Å². The van der Waals surface area contributed by atoms with Crippen molar-refractivity contribution in [3.05, 3.63) is 16.5 Å². The van der Waals surface area contributed by atoms with Gasteiger partial charge in [0.2, 0.25) is 0 Å². The molecule has 2 atom stereocenters. The van der Waals surface area contributed by atoms with Crippen molar-refractivity contribution < 1.29 is 5.11 Å². The van der Waals surface area contributed by atoms with E-state index in [0.717, 1.165) is 29.2 Å². The van der Waals surface area contributed by atoms with Crippen LogP contribution in [0.2, 0.25) is 0 Å². The summed E-state index contributed by atoms with van der Waals surface area (Å²) in [5.41, 5.74) is 0. The van der Waals surface area contributed by atoms with Crippen LogP contribution in [0.25, 0.3) is 0 Å². The average molecular weight is 328 g/mol. The predicted molar refractivity (Wildman–Crippen MR) is 80.2 cm³/mol. The summed E-state index contributed by atoms with van der Waals surface area (Å²) in [4.78, 5) is 8.90. The van der Waals surface area contributed by atoms with Crippen LogP contribution in [0.4, 0.5) is 5.82 Å². The van der Waals surface area contributed by atoms with Gasteiger partial charge < -0.3 is 10.4 Å². The first kappa shape index (κ1) is 14.7. The molecular formula is C14H22BrN3O. The van der Waals surface area contributed by atoms with Gasteiger partial charge in [-0.2, -0.15) is 0 Å². The smallest absolute Gasteiger partial charge is 0.134 e. The molecule has 1 aromatic heterocycles. The number of nitrogens with one attached hydrogen (secondary N) is 1. The maximum atomic E-state index is 9.33. The molecule has 0 saturated heterocycles. The SMILES string of the molecule is CC(C)c1nc(Br)cc(NCC2CCCC2CO)n1. The Kier molecular flexibility index (Phi) is 5.16. The number of aliphatic hydroxyl groups is 1. The summed E-state index contributed by atoms with van der Waals surface area (Å²) in [6.07, 6.45) is 3.57. The van der Waals surface area contributed by atoms with Gasteiger partial charge in [0, 0.05) is 25.1 Å². The number of anilines is 1. The van der Waals surface area contributed by atoms with Gasteiger partial charge in [-0.05, 0) is 40.6 Å². The molecule has 0 bridgehead atoms. The number of nitrogens with zero attached hydrogens (tertiary/aromatic N) is 2. The second-order valence-electron chi connectivity index (χ2n) is 5.60. The molecule has 2 unspecified atom stereocenters. The third-order valence-corrected chi connectivity index (χ3v) is 4.23. The Bertz CT molecular complexity index is 425. The van der Waals surface area contributed by atoms with Crippen molar-refractivity contribution in [2.24, 2.45) is 11.8 Å². The van der Waals surface area contributed by atoms with Crippen molar-refractivity contribution in [2.75, 3.05) is 18.5 Å². The molecule has 0 radical (unpaired) electrons. The lowest BCUT2D eigenvalue weighted by Crippen LogP contribution is -2.21. The van der Waals surface area contributed by atoms with E-state index in [1.807, 2.05) is 6.07 Å². The number of hydrogen-bond acceptors (Lipinski definition) is 4. The van der Waals surface area contributed by atoms with Crippen LogP contribution in [-0.4, -0.2) is 28.2 Å². The molecule has 4 nitrogen and oxygen atoms in total. The second kappa shape index (κ2) is 6.66. The van der Waals surface area contributed by atoms with Gasteiger partial charge in [0.15, 0.2) is 0 Å². The van der Waals surface area contributed by atoms with E-state index in [4.69, 9.17) is 0 Å². The van der Waals surface area contributed by atoms with Crippen molar-refractivity contribution in [2.45, 2.75) is 39.0 Å². The summed E-state index contributed by atoms with van der Waals surface area (Å²) >= 11 is 3.43. The summed E-state index contributed by atoms with van der Waals surface area (Å²) in [6, 6.07) is 1.91. The Labute approximate surface area is 123 Å². The summed E-state index contributed by atoms with van der Waals surface area (Å²) in [6.45, 7) is 5.36. The number of halogens is 1. The molecule has 106 valence electrons. The number of aliphatic hydroxyl groups excluding tert-OH is 1. The highest BCUT2D eigenvalue weighted by Gasteiger charge is 2.26. The highest BCUT2D eigenvalue weighted by molar-refractivity contribution is 9.10. The second-order valence-corrected chi connectivity index (χ2v) is 6.42. The lowest BCUT2D eigenvalue weighted by molar-refractivity contribution is 0.199. The van der Waals surface area contributed by atoms with E-state index in [0.29, 0.717) is 24.4 Å². The molecule has 1 fully saturated rings. The van der Waals surface area contributed by atoms with Crippen LogP contribution in [0.5, 0.6) is 0 Å². The molecule has 0 aliphatic heterocycles. The number of aromatic nitrogens is 2. The van der Waals surface area contributed by atoms with E-state index < -0.39 is 0 Å². The van der Waals surface area contributed by atoms with E-state index in [-0.39, 0.29) is 0 Å². The van der Waals surface area contributed by atoms with Crippen LogP contribution in [0.3, 0.4) is 0 Å². The van der Waals surface area contributed by atoms with E-state index in [1.165, 1.54) is 12.8 Å². The number of hydrogen-bond donors (Lipinski definition) is 2. The first-order chi connectivity index (χ1) is 9.10. The maximum Gasteiger partial charge on any atom is 0.134 e. The maximum absolute atomic E-state index is 9.33. The van der Waals surface area contributed by atoms with Gasteiger partial charge in [0.1, 0.15) is 16.2 Å². The monoisotopic (exact) mass is 327 g/mol. The van der Waals surface area contributed by atoms with Crippen LogP contribution in [0.1, 0.15) is 44.9 Å². The van der Waals surface area contributed by atoms with E-state index in [1.54, 1.807) is 0 Å². The average Bonchev–Trinajstić information content (AvgIpc) is 2.83. The first-order valence-electron chi connectivity index (χ1n) is 6.99. The van der Waals surface area contributed by atoms with Gasteiger partial charge in [0.25, 0.3) is 0 Å². The summed E-state index contributed by atoms with van der Waals surface area (Å²) < 4.78 is 0.818. The third-order valence-electron chi connectivity index (χ3n) is 3.82. The highest BCUT2D eigenvalue weighted by Crippen LogP contribution is 2.31. The van der Waals surface area contributed by atoms with Crippen molar-refractivity contribution >= 4 is 21.7 Å². The zero-order valence-electron chi connectivity index (χ0n) is 11.6. The minimum absolute atomic E-state index is 0.303. The molecule has 1 aromatic rings. The fourth-order valence-electron chi connectivity index (χ4n) is 2.64. The quantitative estimate of drug-likeness (QED) is 0.815. The van der Waals surface area contributed by atoms with E-state index >= 15 is 0 Å². The highest BCUT2D eigenvalue weighted by atomic mass is 79.9. The van der Waals surface area contributed by atoms with Gasteiger partial charge >= 0.3 is 0 Å². The number of rotatable bonds is 5. The van der Waals surface area contributed by atoms with Crippen molar-refractivity contribution in [1.82, 2.24) is 9.97 Å². The summed E-state index contributed by atoms with van der Waals surface area (Å²) in [5, 5.41) is 12.7. The topological polar surface area (TPSA) is 58.0 Å². The van der Waals surface area contributed by atoms with Gasteiger partial charge in [-0.3, -0.25) is 0 Å². The Morgan fingerprint density at radius 1 is 1.37 bits per heavy atom. The molecule has 0 amide bonds. The third kappa shape index (κ3) is 3.89. The normalized spacial score (nSPS) is 23.0. The van der Waals surface area contributed by atoms with Gasteiger partial charge in [-0.15, -0.1) is 0 Å². The van der Waals surface area contributed by atoms with Crippen molar-refractivity contribution in [1.29, 1.82) is 0 Å². The predicted octanol–water partition coefficient (Wildman–Crippen LogP) is 3.18. The zero-order chi connectivity index (χ0) is 13.8. The van der Waals surface area contributed by atoms with Crippen molar-refractivity contribution in [3.8, 4) is 0 Å². The zero-order valence-corrected chi connectivity index (χ0v) is 13.2. The fourth-order valence-corrected chi connectivity index (χ4v) is 3.04. The minimum atomic E-state index is 0.303. The van der Waals surface area contributed by atoms with Crippen LogP contribution in [0.15, 0.2) is 10.7 Å². The van der Waals surface area contributed by atoms with Crippen LogP contribution in [-0.2, 0) is 0 Å². The minimum Gasteiger partial charge on any atom is -0.396 e. The molecule has 1 aliphatic rings. The first-order valence-corrected chi connectivity index (χ1v) is 7.78. The van der Waals surface area contributed by atoms with Crippen molar-refractivity contribution in [3.63, 3.8) is 0 Å². The Hall–Kier alpha value is -0.680. The Morgan fingerprint density at radius 2 is 2.11 bits per heavy atom. The molecule has 2 N–H and O–H groups in total. The van der Waals surface area contributed by atoms with Crippen LogP contribution < -0.4 is 5.32 Å². The Balaban J connectivity index is 1.99.